The lowest BCUT2D eigenvalue weighted by Gasteiger charge is -2.16. The second-order valence-corrected chi connectivity index (χ2v) is 6.72. The first kappa shape index (κ1) is 14.5. The molecule has 6 nitrogen and oxygen atoms in total. The van der Waals surface area contributed by atoms with Gasteiger partial charge in [-0.25, -0.2) is 4.98 Å². The molecule has 2 heterocycles. The second-order valence-electron chi connectivity index (χ2n) is 6.72. The summed E-state index contributed by atoms with van der Waals surface area (Å²) in [7, 11) is 1.97. The molecule has 0 radical (unpaired) electrons. The molecule has 122 valence electrons. The van der Waals surface area contributed by atoms with Gasteiger partial charge in [0.25, 0.3) is 5.91 Å². The number of amides is 1. The van der Waals surface area contributed by atoms with E-state index in [4.69, 9.17) is 0 Å². The highest BCUT2D eigenvalue weighted by atomic mass is 16.3. The number of hydrogen-bond acceptors (Lipinski definition) is 4. The smallest absolute Gasteiger partial charge is 0.251 e. The fourth-order valence-electron chi connectivity index (χ4n) is 3.20. The number of β-amino-alcohol motifs (C(OH)–C–C–N with tert-alkyl or cyclic N) is 1. The third-order valence-electron chi connectivity index (χ3n) is 4.81. The number of benzene rings is 1. The van der Waals surface area contributed by atoms with E-state index in [0.717, 1.165) is 36.5 Å². The molecule has 2 aromatic rings. The van der Waals surface area contributed by atoms with Gasteiger partial charge in [0.05, 0.1) is 17.1 Å². The zero-order chi connectivity index (χ0) is 16.0. The molecule has 1 aliphatic heterocycles. The largest absolute Gasteiger partial charge is 0.391 e. The minimum atomic E-state index is -0.279. The quantitative estimate of drug-likeness (QED) is 0.892. The molecule has 1 amide bonds. The number of aliphatic hydroxyl groups is 1. The van der Waals surface area contributed by atoms with Crippen LogP contribution in [-0.2, 0) is 7.05 Å². The van der Waals surface area contributed by atoms with Crippen molar-refractivity contribution < 1.29 is 9.90 Å². The van der Waals surface area contributed by atoms with Gasteiger partial charge >= 0.3 is 0 Å². The van der Waals surface area contributed by atoms with Crippen LogP contribution in [0.3, 0.4) is 0 Å². The third-order valence-corrected chi connectivity index (χ3v) is 4.81. The minimum Gasteiger partial charge on any atom is -0.391 e. The van der Waals surface area contributed by atoms with E-state index in [1.165, 1.54) is 12.8 Å². The summed E-state index contributed by atoms with van der Waals surface area (Å²) in [6.07, 6.45) is 2.95. The molecular formula is C17H22N4O2. The predicted molar refractivity (Wildman–Crippen MR) is 88.6 cm³/mol. The molecule has 1 aromatic heterocycles. The van der Waals surface area contributed by atoms with E-state index in [1.54, 1.807) is 0 Å². The van der Waals surface area contributed by atoms with Gasteiger partial charge in [-0.3, -0.25) is 4.79 Å². The highest BCUT2D eigenvalue weighted by molar-refractivity contribution is 5.97. The van der Waals surface area contributed by atoms with Crippen LogP contribution in [-0.4, -0.2) is 46.3 Å². The maximum absolute atomic E-state index is 12.2. The van der Waals surface area contributed by atoms with Crippen LogP contribution in [0.25, 0.3) is 11.0 Å². The summed E-state index contributed by atoms with van der Waals surface area (Å²) in [5.74, 6) is 1.50. The Morgan fingerprint density at radius 1 is 1.39 bits per heavy atom. The Kier molecular flexibility index (Phi) is 3.49. The van der Waals surface area contributed by atoms with Crippen LogP contribution in [0, 0.1) is 5.92 Å². The Hall–Kier alpha value is -2.08. The maximum Gasteiger partial charge on any atom is 0.251 e. The number of anilines is 1. The van der Waals surface area contributed by atoms with E-state index in [2.05, 4.69) is 15.2 Å². The maximum atomic E-state index is 12.2. The molecule has 1 aliphatic carbocycles. The average molecular weight is 314 g/mol. The number of aromatic nitrogens is 2. The number of rotatable bonds is 4. The third kappa shape index (κ3) is 2.79. The molecule has 1 saturated heterocycles. The summed E-state index contributed by atoms with van der Waals surface area (Å²) in [6.45, 7) is 2.20. The zero-order valence-corrected chi connectivity index (χ0v) is 13.3. The fourth-order valence-corrected chi connectivity index (χ4v) is 3.20. The Balaban J connectivity index is 1.59. The van der Waals surface area contributed by atoms with Gasteiger partial charge in [0.2, 0.25) is 5.95 Å². The summed E-state index contributed by atoms with van der Waals surface area (Å²) >= 11 is 0. The molecule has 4 rings (SSSR count). The van der Waals surface area contributed by atoms with E-state index in [-0.39, 0.29) is 12.0 Å². The SMILES string of the molecule is Cn1c(N2CCC(O)C2)nc2cc(C(=O)NCC3CC3)ccc21. The highest BCUT2D eigenvalue weighted by Gasteiger charge is 2.25. The number of fused-ring (bicyclic) bond motifs is 1. The van der Waals surface area contributed by atoms with Crippen LogP contribution >= 0.6 is 0 Å². The van der Waals surface area contributed by atoms with Crippen molar-refractivity contribution in [3.8, 4) is 0 Å². The molecular weight excluding hydrogens is 292 g/mol. The minimum absolute atomic E-state index is 0.0254. The number of nitrogens with zero attached hydrogens (tertiary/aromatic N) is 3. The van der Waals surface area contributed by atoms with Crippen molar-refractivity contribution in [3.05, 3.63) is 23.8 Å². The molecule has 2 aliphatic rings. The normalized spacial score (nSPS) is 21.1. The van der Waals surface area contributed by atoms with Crippen molar-refractivity contribution in [2.75, 3.05) is 24.5 Å². The number of carbonyl (C=O) groups excluding carboxylic acids is 1. The Morgan fingerprint density at radius 3 is 2.91 bits per heavy atom. The van der Waals surface area contributed by atoms with Crippen LogP contribution in [0.4, 0.5) is 5.95 Å². The van der Waals surface area contributed by atoms with E-state index in [1.807, 2.05) is 29.8 Å². The van der Waals surface area contributed by atoms with Crippen LogP contribution in [0.2, 0.25) is 0 Å². The lowest BCUT2D eigenvalue weighted by molar-refractivity contribution is 0.0952. The standard InChI is InChI=1S/C17H22N4O2/c1-20-15-5-4-12(16(23)18-9-11-2-3-11)8-14(15)19-17(20)21-7-6-13(22)10-21/h4-5,8,11,13,22H,2-3,6-7,9-10H2,1H3,(H,18,23). The number of hydrogen-bond donors (Lipinski definition) is 2. The zero-order valence-electron chi connectivity index (χ0n) is 13.3. The van der Waals surface area contributed by atoms with Gasteiger partial charge in [-0.1, -0.05) is 0 Å². The highest BCUT2D eigenvalue weighted by Crippen LogP contribution is 2.28. The Morgan fingerprint density at radius 2 is 2.22 bits per heavy atom. The molecule has 2 fully saturated rings. The predicted octanol–water partition coefficient (Wildman–Crippen LogP) is 1.28. The first-order valence-electron chi connectivity index (χ1n) is 8.29. The van der Waals surface area contributed by atoms with Crippen LogP contribution in [0.5, 0.6) is 0 Å². The van der Waals surface area contributed by atoms with Gasteiger partial charge in [0.15, 0.2) is 0 Å². The van der Waals surface area contributed by atoms with Crippen LogP contribution in [0.1, 0.15) is 29.6 Å². The lowest BCUT2D eigenvalue weighted by Crippen LogP contribution is -2.25. The molecule has 6 heteroatoms. The summed E-state index contributed by atoms with van der Waals surface area (Å²) in [5.41, 5.74) is 2.48. The summed E-state index contributed by atoms with van der Waals surface area (Å²) in [5, 5.41) is 12.7. The van der Waals surface area contributed by atoms with Crippen molar-refractivity contribution in [3.63, 3.8) is 0 Å². The molecule has 1 aromatic carbocycles. The molecule has 1 atom stereocenters. The molecule has 2 N–H and O–H groups in total. The number of aryl methyl sites for hydroxylation is 1. The van der Waals surface area contributed by atoms with Crippen molar-refractivity contribution >= 4 is 22.9 Å². The van der Waals surface area contributed by atoms with Crippen LogP contribution in [0.15, 0.2) is 18.2 Å². The van der Waals surface area contributed by atoms with E-state index < -0.39 is 0 Å². The fraction of sp³-hybridized carbons (Fsp3) is 0.529. The second kappa shape index (κ2) is 5.53. The van der Waals surface area contributed by atoms with Crippen molar-refractivity contribution in [2.45, 2.75) is 25.4 Å². The number of imidazole rings is 1. The summed E-state index contributed by atoms with van der Waals surface area (Å²) in [6, 6.07) is 5.66. The van der Waals surface area contributed by atoms with Gasteiger partial charge in [0.1, 0.15) is 0 Å². The van der Waals surface area contributed by atoms with Gasteiger partial charge in [-0.05, 0) is 43.4 Å². The van der Waals surface area contributed by atoms with E-state index in [0.29, 0.717) is 18.0 Å². The number of carbonyl (C=O) groups is 1. The molecule has 1 saturated carbocycles. The number of nitrogens with one attached hydrogen (secondary N) is 1. The van der Waals surface area contributed by atoms with Gasteiger partial charge in [-0.2, -0.15) is 0 Å². The summed E-state index contributed by atoms with van der Waals surface area (Å²) in [4.78, 5) is 19.0. The first-order valence-corrected chi connectivity index (χ1v) is 8.29. The van der Waals surface area contributed by atoms with Gasteiger partial charge in [0, 0.05) is 32.2 Å². The van der Waals surface area contributed by atoms with Gasteiger partial charge in [-0.15, -0.1) is 0 Å². The Labute approximate surface area is 135 Å². The molecule has 23 heavy (non-hydrogen) atoms. The first-order chi connectivity index (χ1) is 11.1. The monoisotopic (exact) mass is 314 g/mol. The molecule has 0 spiro atoms. The van der Waals surface area contributed by atoms with E-state index in [9.17, 15) is 9.90 Å². The van der Waals surface area contributed by atoms with E-state index >= 15 is 0 Å². The van der Waals surface area contributed by atoms with Crippen molar-refractivity contribution in [1.82, 2.24) is 14.9 Å². The lowest BCUT2D eigenvalue weighted by atomic mass is 10.2. The number of aliphatic hydroxyl groups excluding tert-OH is 1. The molecule has 1 unspecified atom stereocenters. The Bertz CT molecular complexity index is 750. The van der Waals surface area contributed by atoms with Crippen LogP contribution < -0.4 is 10.2 Å². The van der Waals surface area contributed by atoms with Crippen molar-refractivity contribution in [2.24, 2.45) is 13.0 Å². The average Bonchev–Trinajstić information content (AvgIpc) is 3.20. The van der Waals surface area contributed by atoms with Crippen molar-refractivity contribution in [1.29, 1.82) is 0 Å². The molecule has 0 bridgehead atoms. The summed E-state index contributed by atoms with van der Waals surface area (Å²) < 4.78 is 2.03. The van der Waals surface area contributed by atoms with Gasteiger partial charge < -0.3 is 19.9 Å². The topological polar surface area (TPSA) is 70.4 Å².